The molecule has 0 rings (SSSR count). The number of methoxy groups -OCH3 is 1. The quantitative estimate of drug-likeness (QED) is 0.423. The van der Waals surface area contributed by atoms with E-state index in [-0.39, 0.29) is 20.5 Å². The van der Waals surface area contributed by atoms with E-state index in [2.05, 4.69) is 47.3 Å². The average molecular weight is 350 g/mol. The minimum Gasteiger partial charge on any atom is -0.428 e. The molecule has 0 saturated carbocycles. The Hall–Kier alpha value is 0.531. The second-order valence-electron chi connectivity index (χ2n) is 7.12. The van der Waals surface area contributed by atoms with Crippen LogP contribution in [0.2, 0.25) is 19.6 Å². The van der Waals surface area contributed by atoms with Crippen LogP contribution in [0.3, 0.4) is 0 Å². The maximum atomic E-state index is 6.55. The van der Waals surface area contributed by atoms with E-state index in [0.717, 1.165) is 25.9 Å². The Kier molecular flexibility index (Phi) is 9.21. The maximum Gasteiger partial charge on any atom is 0.184 e. The predicted molar refractivity (Wildman–Crippen MR) is 101 cm³/mol. The smallest absolute Gasteiger partial charge is 0.184 e. The third kappa shape index (κ3) is 6.27. The monoisotopic (exact) mass is 349 g/mol. The lowest BCUT2D eigenvalue weighted by Crippen LogP contribution is -2.59. The molecule has 3 nitrogen and oxygen atoms in total. The zero-order chi connectivity index (χ0) is 16.7. The number of hydrogen-bond donors (Lipinski definition) is 0. The van der Waals surface area contributed by atoms with Crippen molar-refractivity contribution >= 4 is 27.4 Å². The van der Waals surface area contributed by atoms with Crippen LogP contribution in [0.5, 0.6) is 0 Å². The third-order valence-corrected chi connectivity index (χ3v) is 7.47. The van der Waals surface area contributed by atoms with Crippen molar-refractivity contribution in [1.29, 1.82) is 0 Å². The van der Waals surface area contributed by atoms with E-state index in [1.165, 1.54) is 15.7 Å². The van der Waals surface area contributed by atoms with E-state index in [9.17, 15) is 0 Å². The second-order valence-corrected chi connectivity index (χ2v) is 14.3. The molecule has 0 aliphatic carbocycles. The fourth-order valence-corrected chi connectivity index (χ4v) is 5.90. The van der Waals surface area contributed by atoms with Crippen LogP contribution in [-0.4, -0.2) is 52.3 Å². The Labute approximate surface area is 138 Å². The molecule has 6 heteroatoms. The zero-order valence-corrected chi connectivity index (χ0v) is 20.2. The van der Waals surface area contributed by atoms with Gasteiger partial charge in [-0.1, -0.05) is 13.8 Å². The minimum atomic E-state index is -1.64. The Balaban J connectivity index is 5.01. The molecular weight excluding hydrogens is 312 g/mol. The number of rotatable bonds is 11. The molecule has 0 aliphatic heterocycles. The van der Waals surface area contributed by atoms with E-state index in [4.69, 9.17) is 13.6 Å². The van der Waals surface area contributed by atoms with E-state index in [1.54, 1.807) is 0 Å². The molecule has 0 saturated heterocycles. The van der Waals surface area contributed by atoms with Crippen LogP contribution in [-0.2, 0) is 13.6 Å². The summed E-state index contributed by atoms with van der Waals surface area (Å²) in [6, 6.07) is 0. The summed E-state index contributed by atoms with van der Waals surface area (Å²) in [7, 11) is 1.28. The van der Waals surface area contributed by atoms with Crippen molar-refractivity contribution in [1.82, 2.24) is 0 Å². The Bertz CT molecular complexity index is 296. The van der Waals surface area contributed by atoms with Crippen LogP contribution in [0.25, 0.3) is 0 Å². The Morgan fingerprint density at radius 2 is 1.81 bits per heavy atom. The molecule has 0 aromatic rings. The molecule has 0 bridgehead atoms. The first-order valence-corrected chi connectivity index (χ1v) is 17.9. The molecule has 1 radical (unpaired) electrons. The topological polar surface area (TPSA) is 27.7 Å². The minimum absolute atomic E-state index is 0.146. The van der Waals surface area contributed by atoms with Crippen molar-refractivity contribution in [2.45, 2.75) is 77.8 Å². The molecule has 0 aliphatic rings. The van der Waals surface area contributed by atoms with Crippen LogP contribution < -0.4 is 0 Å². The average Bonchev–Trinajstić information content (AvgIpc) is 2.40. The molecule has 0 spiro atoms. The van der Waals surface area contributed by atoms with Crippen LogP contribution in [0.1, 0.15) is 47.0 Å². The molecule has 21 heavy (non-hydrogen) atoms. The van der Waals surface area contributed by atoms with Gasteiger partial charge in [0.15, 0.2) is 8.32 Å². The Morgan fingerprint density at radius 3 is 2.19 bits per heavy atom. The molecule has 0 heterocycles. The lowest BCUT2D eigenvalue weighted by atomic mass is 9.73. The van der Waals surface area contributed by atoms with Gasteiger partial charge in [0.1, 0.15) is 9.28 Å². The molecule has 2 atom stereocenters. The van der Waals surface area contributed by atoms with Crippen LogP contribution >= 0.6 is 0 Å². The summed E-state index contributed by atoms with van der Waals surface area (Å²) in [6.45, 7) is 16.4. The van der Waals surface area contributed by atoms with Gasteiger partial charge in [-0.15, -0.1) is 0 Å². The van der Waals surface area contributed by atoms with Crippen molar-refractivity contribution in [2.24, 2.45) is 0 Å². The zero-order valence-electron chi connectivity index (χ0n) is 15.8. The van der Waals surface area contributed by atoms with Crippen molar-refractivity contribution in [3.8, 4) is 0 Å². The van der Waals surface area contributed by atoms with E-state index < -0.39 is 8.32 Å². The summed E-state index contributed by atoms with van der Waals surface area (Å²) < 4.78 is 18.2. The first kappa shape index (κ1) is 21.5. The largest absolute Gasteiger partial charge is 0.428 e. The standard InChI is InChI=1S/C15H37O3Si3/c1-9-14(3,18-21(6,7)8)15(4,16-5)13(2)11-10-12-17-20-19/h9-12,20H2,1-8,19H3. The molecule has 0 amide bonds. The van der Waals surface area contributed by atoms with E-state index in [0.29, 0.717) is 0 Å². The normalized spacial score (nSPS) is 19.3. The van der Waals surface area contributed by atoms with Crippen molar-refractivity contribution in [2.75, 3.05) is 13.7 Å². The highest BCUT2D eigenvalue weighted by molar-refractivity contribution is 6.85. The van der Waals surface area contributed by atoms with Gasteiger partial charge in [0, 0.05) is 29.4 Å². The first-order chi connectivity index (χ1) is 9.56. The SMILES string of the molecule is CCC(C)(O[Si](C)(C)C)C(C)(OC)[C](C)CCCO[SiH2][SiH3]. The Morgan fingerprint density at radius 1 is 1.24 bits per heavy atom. The lowest BCUT2D eigenvalue weighted by molar-refractivity contribution is -0.133. The summed E-state index contributed by atoms with van der Waals surface area (Å²) in [5, 5.41) is 0. The van der Waals surface area contributed by atoms with Crippen LogP contribution in [0, 0.1) is 5.92 Å². The highest BCUT2D eigenvalue weighted by atomic mass is 29.1. The van der Waals surface area contributed by atoms with Gasteiger partial charge in [0.05, 0.1) is 11.2 Å². The summed E-state index contributed by atoms with van der Waals surface area (Å²) in [4.78, 5) is 0. The van der Waals surface area contributed by atoms with E-state index in [1.807, 2.05) is 7.11 Å². The van der Waals surface area contributed by atoms with Crippen LogP contribution in [0.15, 0.2) is 0 Å². The van der Waals surface area contributed by atoms with Gasteiger partial charge in [-0.05, 0) is 52.8 Å². The fraction of sp³-hybridized carbons (Fsp3) is 0.933. The van der Waals surface area contributed by atoms with Crippen molar-refractivity contribution in [3.05, 3.63) is 5.92 Å². The number of ether oxygens (including phenoxy) is 1. The number of hydrogen-bond acceptors (Lipinski definition) is 3. The van der Waals surface area contributed by atoms with Gasteiger partial charge in [0.25, 0.3) is 0 Å². The molecule has 2 unspecified atom stereocenters. The van der Waals surface area contributed by atoms with E-state index >= 15 is 0 Å². The summed E-state index contributed by atoms with van der Waals surface area (Å²) in [6.07, 6.45) is 3.08. The first-order valence-electron chi connectivity index (χ1n) is 8.22. The summed E-state index contributed by atoms with van der Waals surface area (Å²) >= 11 is 0. The van der Waals surface area contributed by atoms with Gasteiger partial charge in [-0.2, -0.15) is 0 Å². The van der Waals surface area contributed by atoms with Gasteiger partial charge in [-0.25, -0.2) is 0 Å². The van der Waals surface area contributed by atoms with Crippen molar-refractivity contribution < 1.29 is 13.6 Å². The lowest BCUT2D eigenvalue weighted by Gasteiger charge is -2.51. The highest BCUT2D eigenvalue weighted by Gasteiger charge is 2.50. The second kappa shape index (κ2) is 8.98. The third-order valence-electron chi connectivity index (χ3n) is 4.48. The highest BCUT2D eigenvalue weighted by Crippen LogP contribution is 2.42. The maximum absolute atomic E-state index is 6.55. The molecule has 0 aromatic heterocycles. The van der Waals surface area contributed by atoms with Gasteiger partial charge < -0.3 is 13.6 Å². The van der Waals surface area contributed by atoms with Crippen LogP contribution in [0.4, 0.5) is 0 Å². The van der Waals surface area contributed by atoms with Gasteiger partial charge in [-0.3, -0.25) is 0 Å². The fourth-order valence-electron chi connectivity index (χ4n) is 2.85. The van der Waals surface area contributed by atoms with Gasteiger partial charge >= 0.3 is 0 Å². The van der Waals surface area contributed by atoms with Gasteiger partial charge in [0.2, 0.25) is 0 Å². The summed E-state index contributed by atoms with van der Waals surface area (Å²) in [5.41, 5.74) is -0.621. The van der Waals surface area contributed by atoms with Crippen molar-refractivity contribution in [3.63, 3.8) is 0 Å². The molecule has 0 aromatic carbocycles. The molecule has 0 N–H and O–H groups in total. The summed E-state index contributed by atoms with van der Waals surface area (Å²) in [5.74, 6) is 1.37. The predicted octanol–water partition coefficient (Wildman–Crippen LogP) is 2.17. The molecule has 0 fully saturated rings. The molecular formula is C15H37O3Si3. The molecule has 127 valence electrons.